The summed E-state index contributed by atoms with van der Waals surface area (Å²) in [5.74, 6) is -6.89. The summed E-state index contributed by atoms with van der Waals surface area (Å²) in [6.45, 7) is 9.52. The standard InChI is InChI=1S/C16H11F5N2O.C15H10F5N3O.2C2H6/c1-15(17,18)13-9-22-23-7-6-11(8-14(13)23)10-2-4-12(5-3-10)24-16(19,20)21;1-14(16,17)11-8-21-23-7-6-12(22-13(11)23)9-2-4-10(5-3-9)24-15(18,19)20;2*1-2/h2-9H,1H3;2-8H,1H3;2*1-2H3. The van der Waals surface area contributed by atoms with Gasteiger partial charge in [0, 0.05) is 31.8 Å². The molecule has 0 aliphatic carbocycles. The largest absolute Gasteiger partial charge is 0.573 e. The average molecular weight is 746 g/mol. The van der Waals surface area contributed by atoms with Crippen LogP contribution in [0.15, 0.2) is 91.5 Å². The maximum absolute atomic E-state index is 13.6. The highest BCUT2D eigenvalue weighted by Gasteiger charge is 2.32. The van der Waals surface area contributed by atoms with Gasteiger partial charge < -0.3 is 9.47 Å². The van der Waals surface area contributed by atoms with Crippen LogP contribution in [0, 0.1) is 0 Å². The minimum absolute atomic E-state index is 0.0179. The number of rotatable bonds is 6. The van der Waals surface area contributed by atoms with Gasteiger partial charge in [-0.3, -0.25) is 0 Å². The molecular formula is C35H33F10N5O2. The maximum atomic E-state index is 13.6. The highest BCUT2D eigenvalue weighted by molar-refractivity contribution is 5.71. The number of nitrogens with zero attached hydrogens (tertiary/aromatic N) is 5. The summed E-state index contributed by atoms with van der Waals surface area (Å²) in [6.07, 6.45) is -4.45. The third-order valence-corrected chi connectivity index (χ3v) is 6.64. The van der Waals surface area contributed by atoms with Crippen LogP contribution in [-0.2, 0) is 11.8 Å². The molecule has 0 saturated carbocycles. The zero-order chi connectivity index (χ0) is 39.1. The third-order valence-electron chi connectivity index (χ3n) is 6.64. The molecule has 0 spiro atoms. The van der Waals surface area contributed by atoms with E-state index in [2.05, 4.69) is 24.7 Å². The van der Waals surface area contributed by atoms with Crippen molar-refractivity contribution >= 4 is 11.2 Å². The van der Waals surface area contributed by atoms with E-state index in [0.29, 0.717) is 22.4 Å². The number of ether oxygens (including phenoxy) is 2. The summed E-state index contributed by atoms with van der Waals surface area (Å²) >= 11 is 0. The van der Waals surface area contributed by atoms with E-state index in [1.807, 2.05) is 27.7 Å². The van der Waals surface area contributed by atoms with Crippen LogP contribution in [0.3, 0.4) is 0 Å². The van der Waals surface area contributed by atoms with Crippen LogP contribution in [-0.4, -0.2) is 36.9 Å². The van der Waals surface area contributed by atoms with Gasteiger partial charge in [-0.15, -0.1) is 26.3 Å². The number of alkyl halides is 10. The first-order chi connectivity index (χ1) is 24.3. The van der Waals surface area contributed by atoms with Crippen molar-refractivity contribution in [2.45, 2.75) is 66.1 Å². The summed E-state index contributed by atoms with van der Waals surface area (Å²) in [4.78, 5) is 4.13. The van der Waals surface area contributed by atoms with Crippen molar-refractivity contribution in [2.24, 2.45) is 0 Å². The van der Waals surface area contributed by atoms with Gasteiger partial charge in [0.25, 0.3) is 11.8 Å². The van der Waals surface area contributed by atoms with E-state index >= 15 is 0 Å². The molecule has 280 valence electrons. The summed E-state index contributed by atoms with van der Waals surface area (Å²) in [6, 6.07) is 14.8. The van der Waals surface area contributed by atoms with Crippen LogP contribution in [0.1, 0.15) is 52.7 Å². The highest BCUT2D eigenvalue weighted by atomic mass is 19.4. The number of fused-ring (bicyclic) bond motifs is 2. The number of benzene rings is 2. The maximum Gasteiger partial charge on any atom is 0.573 e. The molecule has 17 heteroatoms. The number of pyridine rings is 1. The molecule has 0 bridgehead atoms. The molecule has 2 aromatic carbocycles. The van der Waals surface area contributed by atoms with Crippen LogP contribution in [0.4, 0.5) is 43.9 Å². The number of halogens is 10. The Kier molecular flexibility index (Phi) is 12.9. The van der Waals surface area contributed by atoms with E-state index in [4.69, 9.17) is 0 Å². The molecule has 52 heavy (non-hydrogen) atoms. The normalized spacial score (nSPS) is 11.8. The first-order valence-corrected chi connectivity index (χ1v) is 15.6. The molecule has 0 N–H and O–H groups in total. The molecule has 0 atom stereocenters. The van der Waals surface area contributed by atoms with Crippen molar-refractivity contribution in [1.82, 2.24) is 24.2 Å². The fourth-order valence-corrected chi connectivity index (χ4v) is 4.51. The minimum atomic E-state index is -4.78. The van der Waals surface area contributed by atoms with E-state index in [0.717, 1.165) is 38.4 Å². The lowest BCUT2D eigenvalue weighted by molar-refractivity contribution is -0.275. The van der Waals surface area contributed by atoms with Gasteiger partial charge in [-0.1, -0.05) is 39.8 Å². The molecule has 0 aliphatic heterocycles. The van der Waals surface area contributed by atoms with E-state index < -0.39 is 24.6 Å². The predicted octanol–water partition coefficient (Wildman–Crippen LogP) is 11.5. The molecule has 0 unspecified atom stereocenters. The third kappa shape index (κ3) is 10.8. The Morgan fingerprint density at radius 1 is 0.519 bits per heavy atom. The Balaban J connectivity index is 0.000000256. The van der Waals surface area contributed by atoms with Gasteiger partial charge >= 0.3 is 12.7 Å². The number of hydrogen-bond donors (Lipinski definition) is 0. The molecule has 4 heterocycles. The van der Waals surface area contributed by atoms with Crippen LogP contribution in [0.5, 0.6) is 11.5 Å². The van der Waals surface area contributed by atoms with Gasteiger partial charge in [0.2, 0.25) is 0 Å². The fraction of sp³-hybridized carbons (Fsp3) is 0.286. The minimum Gasteiger partial charge on any atom is -0.406 e. The van der Waals surface area contributed by atoms with Crippen molar-refractivity contribution in [3.63, 3.8) is 0 Å². The average Bonchev–Trinajstić information content (AvgIpc) is 3.71. The van der Waals surface area contributed by atoms with E-state index in [-0.39, 0.29) is 33.8 Å². The molecule has 6 aromatic rings. The van der Waals surface area contributed by atoms with E-state index in [1.165, 1.54) is 70.0 Å². The topological polar surface area (TPSA) is 66.0 Å². The van der Waals surface area contributed by atoms with Gasteiger partial charge in [-0.25, -0.2) is 31.6 Å². The molecule has 0 aliphatic rings. The zero-order valence-corrected chi connectivity index (χ0v) is 28.5. The molecule has 4 aromatic heterocycles. The highest BCUT2D eigenvalue weighted by Crippen LogP contribution is 2.34. The molecule has 7 nitrogen and oxygen atoms in total. The van der Waals surface area contributed by atoms with Crippen molar-refractivity contribution in [1.29, 1.82) is 0 Å². The van der Waals surface area contributed by atoms with Crippen LogP contribution >= 0.6 is 0 Å². The van der Waals surface area contributed by atoms with Gasteiger partial charge in [0.05, 0.1) is 34.7 Å². The summed E-state index contributed by atoms with van der Waals surface area (Å²) < 4.78 is 137. The smallest absolute Gasteiger partial charge is 0.406 e. The van der Waals surface area contributed by atoms with Crippen LogP contribution < -0.4 is 9.47 Å². The molecular weight excluding hydrogens is 712 g/mol. The summed E-state index contributed by atoms with van der Waals surface area (Å²) in [7, 11) is 0. The van der Waals surface area contributed by atoms with Gasteiger partial charge in [-0.2, -0.15) is 10.2 Å². The number of aromatic nitrogens is 5. The lowest BCUT2D eigenvalue weighted by Gasteiger charge is -2.10. The molecule has 0 fully saturated rings. The SMILES string of the molecule is CC.CC.CC(F)(F)c1cnn2ccc(-c3ccc(OC(F)(F)F)cc3)cc12.CC(F)(F)c1cnn2ccc(-c3ccc(OC(F)(F)F)cc3)nc12. The molecule has 0 amide bonds. The second-order valence-electron chi connectivity index (χ2n) is 10.4. The Bertz CT molecular complexity index is 1880. The second kappa shape index (κ2) is 16.3. The second-order valence-corrected chi connectivity index (χ2v) is 10.4. The van der Waals surface area contributed by atoms with Gasteiger partial charge in [0.1, 0.15) is 11.5 Å². The molecule has 0 saturated heterocycles. The fourth-order valence-electron chi connectivity index (χ4n) is 4.51. The Hall–Kier alpha value is -5.35. The monoisotopic (exact) mass is 745 g/mol. The predicted molar refractivity (Wildman–Crippen MR) is 174 cm³/mol. The lowest BCUT2D eigenvalue weighted by Crippen LogP contribution is -2.16. The van der Waals surface area contributed by atoms with Crippen molar-refractivity contribution in [2.75, 3.05) is 0 Å². The van der Waals surface area contributed by atoms with Crippen LogP contribution in [0.25, 0.3) is 33.5 Å². The van der Waals surface area contributed by atoms with E-state index in [1.54, 1.807) is 6.07 Å². The Morgan fingerprint density at radius 2 is 0.962 bits per heavy atom. The molecule has 0 radical (unpaired) electrons. The van der Waals surface area contributed by atoms with Gasteiger partial charge in [0.15, 0.2) is 5.65 Å². The Labute approximate surface area is 291 Å². The Morgan fingerprint density at radius 3 is 1.44 bits per heavy atom. The first-order valence-electron chi connectivity index (χ1n) is 15.6. The van der Waals surface area contributed by atoms with Crippen molar-refractivity contribution in [3.05, 3.63) is 103 Å². The lowest BCUT2D eigenvalue weighted by atomic mass is 10.0. The van der Waals surface area contributed by atoms with Gasteiger partial charge in [-0.05, 0) is 65.7 Å². The van der Waals surface area contributed by atoms with Crippen molar-refractivity contribution < 1.29 is 53.4 Å². The van der Waals surface area contributed by atoms with Crippen LogP contribution in [0.2, 0.25) is 0 Å². The summed E-state index contributed by atoms with van der Waals surface area (Å²) in [5, 5.41) is 7.67. The quantitative estimate of drug-likeness (QED) is 0.159. The summed E-state index contributed by atoms with van der Waals surface area (Å²) in [5.41, 5.74) is 1.59. The van der Waals surface area contributed by atoms with E-state index in [9.17, 15) is 43.9 Å². The molecule has 6 rings (SSSR count). The number of hydrogen-bond acceptors (Lipinski definition) is 5. The first kappa shape index (κ1) is 41.1. The zero-order valence-electron chi connectivity index (χ0n) is 28.5. The van der Waals surface area contributed by atoms with Crippen molar-refractivity contribution in [3.8, 4) is 33.9 Å².